The molecular formula is C14H13NS. The largest absolute Gasteiger partial charge is 0.398 e. The van der Waals surface area contributed by atoms with Crippen molar-refractivity contribution < 1.29 is 0 Å². The molecule has 2 N–H and O–H groups in total. The van der Waals surface area contributed by atoms with Crippen molar-refractivity contribution in [1.82, 2.24) is 0 Å². The molecule has 0 aliphatic carbocycles. The van der Waals surface area contributed by atoms with Gasteiger partial charge in [-0.1, -0.05) is 30.0 Å². The Morgan fingerprint density at radius 2 is 1.94 bits per heavy atom. The monoisotopic (exact) mass is 227 g/mol. The molecule has 1 heterocycles. The van der Waals surface area contributed by atoms with Crippen LogP contribution < -0.4 is 5.73 Å². The number of nitrogen functional groups attached to an aromatic ring is 1. The highest BCUT2D eigenvalue weighted by Crippen LogP contribution is 2.41. The second-order valence-corrected chi connectivity index (χ2v) is 5.30. The van der Waals surface area contributed by atoms with Crippen molar-refractivity contribution in [3.8, 4) is 0 Å². The van der Waals surface area contributed by atoms with Gasteiger partial charge in [0, 0.05) is 21.9 Å². The first-order chi connectivity index (χ1) is 7.74. The molecule has 0 unspecified atom stereocenters. The van der Waals surface area contributed by atoms with Gasteiger partial charge in [0.15, 0.2) is 0 Å². The third-order valence-electron chi connectivity index (χ3n) is 2.95. The highest BCUT2D eigenvalue weighted by Gasteiger charge is 2.17. The van der Waals surface area contributed by atoms with Gasteiger partial charge in [-0.25, -0.2) is 0 Å². The standard InChI is InChI=1S/C14H13NS/c1-9-6-12(15)11-8-10-4-2-3-5-13(10)16-14(11)7-9/h2-7H,8,15H2,1H3. The molecule has 1 aliphatic heterocycles. The Morgan fingerprint density at radius 3 is 2.81 bits per heavy atom. The molecule has 2 aromatic rings. The topological polar surface area (TPSA) is 26.0 Å². The van der Waals surface area contributed by atoms with Crippen LogP contribution in [0.3, 0.4) is 0 Å². The Balaban J connectivity index is 2.15. The molecule has 1 nitrogen and oxygen atoms in total. The summed E-state index contributed by atoms with van der Waals surface area (Å²) >= 11 is 1.83. The third-order valence-corrected chi connectivity index (χ3v) is 4.15. The molecule has 0 saturated heterocycles. The van der Waals surface area contributed by atoms with E-state index < -0.39 is 0 Å². The van der Waals surface area contributed by atoms with E-state index in [9.17, 15) is 0 Å². The molecule has 1 aliphatic rings. The Labute approximate surface area is 99.7 Å². The van der Waals surface area contributed by atoms with Gasteiger partial charge in [-0.15, -0.1) is 0 Å². The number of nitrogens with two attached hydrogens (primary N) is 1. The summed E-state index contributed by atoms with van der Waals surface area (Å²) in [4.78, 5) is 2.68. The minimum absolute atomic E-state index is 0.928. The first kappa shape index (κ1) is 9.79. The zero-order valence-corrected chi connectivity index (χ0v) is 9.97. The van der Waals surface area contributed by atoms with Gasteiger partial charge in [-0.2, -0.15) is 0 Å². The van der Waals surface area contributed by atoms with E-state index in [0.717, 1.165) is 12.1 Å². The van der Waals surface area contributed by atoms with Gasteiger partial charge >= 0.3 is 0 Å². The van der Waals surface area contributed by atoms with Crippen molar-refractivity contribution in [2.75, 3.05) is 5.73 Å². The van der Waals surface area contributed by atoms with Crippen LogP contribution in [-0.4, -0.2) is 0 Å². The zero-order valence-electron chi connectivity index (χ0n) is 9.16. The van der Waals surface area contributed by atoms with Crippen LogP contribution in [-0.2, 0) is 6.42 Å². The summed E-state index contributed by atoms with van der Waals surface area (Å²) < 4.78 is 0. The van der Waals surface area contributed by atoms with Crippen LogP contribution in [0, 0.1) is 6.92 Å². The fourth-order valence-corrected chi connectivity index (χ4v) is 3.36. The predicted molar refractivity (Wildman–Crippen MR) is 69.0 cm³/mol. The Hall–Kier alpha value is -1.41. The van der Waals surface area contributed by atoms with E-state index in [-0.39, 0.29) is 0 Å². The maximum absolute atomic E-state index is 6.09. The van der Waals surface area contributed by atoms with Gasteiger partial charge < -0.3 is 5.73 Å². The Kier molecular flexibility index (Phi) is 2.18. The van der Waals surface area contributed by atoms with E-state index in [2.05, 4.69) is 43.3 Å². The molecule has 2 aromatic carbocycles. The zero-order chi connectivity index (χ0) is 11.1. The van der Waals surface area contributed by atoms with E-state index in [0.29, 0.717) is 0 Å². The predicted octanol–water partition coefficient (Wildman–Crippen LogP) is 3.63. The highest BCUT2D eigenvalue weighted by atomic mass is 32.2. The smallest absolute Gasteiger partial charge is 0.0364 e. The number of hydrogen-bond acceptors (Lipinski definition) is 2. The van der Waals surface area contributed by atoms with Gasteiger partial charge in [-0.05, 0) is 41.8 Å². The van der Waals surface area contributed by atoms with Crippen LogP contribution in [0.4, 0.5) is 5.69 Å². The minimum Gasteiger partial charge on any atom is -0.398 e. The van der Waals surface area contributed by atoms with Crippen LogP contribution in [0.5, 0.6) is 0 Å². The highest BCUT2D eigenvalue weighted by molar-refractivity contribution is 7.99. The average molecular weight is 227 g/mol. The summed E-state index contributed by atoms with van der Waals surface area (Å²) in [5, 5.41) is 0. The van der Waals surface area contributed by atoms with Crippen LogP contribution in [0.1, 0.15) is 16.7 Å². The number of anilines is 1. The molecule has 2 heteroatoms. The van der Waals surface area contributed by atoms with E-state index in [4.69, 9.17) is 5.73 Å². The molecule has 0 radical (unpaired) electrons. The fraction of sp³-hybridized carbons (Fsp3) is 0.143. The molecular weight excluding hydrogens is 214 g/mol. The van der Waals surface area contributed by atoms with Gasteiger partial charge in [0.2, 0.25) is 0 Å². The lowest BCUT2D eigenvalue weighted by molar-refractivity contribution is 1.05. The van der Waals surface area contributed by atoms with E-state index in [1.54, 1.807) is 0 Å². The molecule has 0 saturated carbocycles. The second-order valence-electron chi connectivity index (χ2n) is 4.22. The number of fused-ring (bicyclic) bond motifs is 2. The van der Waals surface area contributed by atoms with E-state index in [1.807, 2.05) is 11.8 Å². The van der Waals surface area contributed by atoms with Crippen LogP contribution >= 0.6 is 11.8 Å². The first-order valence-electron chi connectivity index (χ1n) is 5.39. The van der Waals surface area contributed by atoms with Crippen molar-refractivity contribution in [2.24, 2.45) is 0 Å². The summed E-state index contributed by atoms with van der Waals surface area (Å²) in [6, 6.07) is 12.8. The SMILES string of the molecule is Cc1cc(N)c2c(c1)Sc1ccccc1C2. The number of hydrogen-bond donors (Lipinski definition) is 1. The first-order valence-corrected chi connectivity index (χ1v) is 6.20. The van der Waals surface area contributed by atoms with Gasteiger partial charge in [-0.3, -0.25) is 0 Å². The van der Waals surface area contributed by atoms with Crippen molar-refractivity contribution in [3.05, 3.63) is 53.1 Å². The third kappa shape index (κ3) is 1.50. The molecule has 0 atom stereocenters. The van der Waals surface area contributed by atoms with Crippen molar-refractivity contribution in [1.29, 1.82) is 0 Å². The Morgan fingerprint density at radius 1 is 1.12 bits per heavy atom. The molecule has 0 fully saturated rings. The summed E-state index contributed by atoms with van der Waals surface area (Å²) in [6.07, 6.45) is 0.963. The quantitative estimate of drug-likeness (QED) is 0.593. The molecule has 3 rings (SSSR count). The molecule has 0 spiro atoms. The van der Waals surface area contributed by atoms with Crippen molar-refractivity contribution in [3.63, 3.8) is 0 Å². The fourth-order valence-electron chi connectivity index (χ4n) is 2.15. The molecule has 80 valence electrons. The lowest BCUT2D eigenvalue weighted by atomic mass is 10.0. The van der Waals surface area contributed by atoms with Crippen LogP contribution in [0.15, 0.2) is 46.2 Å². The van der Waals surface area contributed by atoms with Crippen molar-refractivity contribution >= 4 is 17.4 Å². The molecule has 0 amide bonds. The molecule has 0 aromatic heterocycles. The lowest BCUT2D eigenvalue weighted by Crippen LogP contribution is -2.04. The summed E-state index contributed by atoms with van der Waals surface area (Å²) in [5.41, 5.74) is 10.9. The molecule has 16 heavy (non-hydrogen) atoms. The average Bonchev–Trinajstić information content (AvgIpc) is 2.27. The summed E-state index contributed by atoms with van der Waals surface area (Å²) in [5.74, 6) is 0. The van der Waals surface area contributed by atoms with Gasteiger partial charge in [0.25, 0.3) is 0 Å². The summed E-state index contributed by atoms with van der Waals surface area (Å²) in [6.45, 7) is 2.09. The number of aryl methyl sites for hydroxylation is 1. The van der Waals surface area contributed by atoms with E-state index in [1.165, 1.54) is 26.5 Å². The normalized spacial score (nSPS) is 13.1. The second kappa shape index (κ2) is 3.56. The van der Waals surface area contributed by atoms with Crippen molar-refractivity contribution in [2.45, 2.75) is 23.1 Å². The maximum atomic E-state index is 6.09. The number of benzene rings is 2. The minimum atomic E-state index is 0.928. The van der Waals surface area contributed by atoms with Crippen LogP contribution in [0.25, 0.3) is 0 Å². The van der Waals surface area contributed by atoms with Gasteiger partial charge in [0.05, 0.1) is 0 Å². The van der Waals surface area contributed by atoms with Gasteiger partial charge in [0.1, 0.15) is 0 Å². The number of rotatable bonds is 0. The van der Waals surface area contributed by atoms with E-state index >= 15 is 0 Å². The maximum Gasteiger partial charge on any atom is 0.0364 e. The Bertz CT molecular complexity index is 561. The summed E-state index contributed by atoms with van der Waals surface area (Å²) in [7, 11) is 0. The van der Waals surface area contributed by atoms with Crippen LogP contribution in [0.2, 0.25) is 0 Å². The molecule has 0 bridgehead atoms. The lowest BCUT2D eigenvalue weighted by Gasteiger charge is -2.20.